The normalized spacial score (nSPS) is 18.2. The van der Waals surface area contributed by atoms with Gasteiger partial charge in [-0.05, 0) is 31.5 Å². The summed E-state index contributed by atoms with van der Waals surface area (Å²) in [6.07, 6.45) is -1.65. The van der Waals surface area contributed by atoms with Crippen molar-refractivity contribution in [1.29, 1.82) is 0 Å². The number of hydrogen-bond acceptors (Lipinski definition) is 1. The first-order chi connectivity index (χ1) is 7.95. The predicted octanol–water partition coefficient (Wildman–Crippen LogP) is 2.94. The van der Waals surface area contributed by atoms with Gasteiger partial charge in [-0.1, -0.05) is 13.3 Å². The van der Waals surface area contributed by atoms with Crippen molar-refractivity contribution >= 4 is 17.3 Å². The van der Waals surface area contributed by atoms with Crippen LogP contribution >= 0.6 is 12.2 Å². The Morgan fingerprint density at radius 2 is 1.94 bits per heavy atom. The average molecular weight is 268 g/mol. The van der Waals surface area contributed by atoms with E-state index in [1.165, 1.54) is 0 Å². The Labute approximate surface area is 106 Å². The summed E-state index contributed by atoms with van der Waals surface area (Å²) >= 11 is 5.15. The van der Waals surface area contributed by atoms with Crippen molar-refractivity contribution in [3.63, 3.8) is 0 Å². The summed E-state index contributed by atoms with van der Waals surface area (Å²) < 4.78 is 37.4. The van der Waals surface area contributed by atoms with E-state index in [1.807, 2.05) is 4.90 Å². The Morgan fingerprint density at radius 3 is 2.41 bits per heavy atom. The van der Waals surface area contributed by atoms with Crippen LogP contribution in [-0.4, -0.2) is 35.8 Å². The third-order valence-electron chi connectivity index (χ3n) is 3.05. The molecule has 2 nitrogen and oxygen atoms in total. The molecule has 0 amide bonds. The van der Waals surface area contributed by atoms with Crippen molar-refractivity contribution in [2.45, 2.75) is 38.8 Å². The van der Waals surface area contributed by atoms with Crippen molar-refractivity contribution in [3.8, 4) is 0 Å². The number of alkyl halides is 3. The molecule has 1 aliphatic rings. The van der Waals surface area contributed by atoms with Gasteiger partial charge >= 0.3 is 6.18 Å². The fraction of sp³-hybridized carbons (Fsp3) is 0.909. The van der Waals surface area contributed by atoms with Crippen LogP contribution in [0.4, 0.5) is 13.2 Å². The zero-order valence-electron chi connectivity index (χ0n) is 10.0. The molecule has 17 heavy (non-hydrogen) atoms. The molecule has 0 saturated carbocycles. The quantitative estimate of drug-likeness (QED) is 0.626. The lowest BCUT2D eigenvalue weighted by molar-refractivity contribution is -0.183. The number of unbranched alkanes of at least 4 members (excludes halogenated alkanes) is 1. The summed E-state index contributed by atoms with van der Waals surface area (Å²) in [5.74, 6) is -1.16. The van der Waals surface area contributed by atoms with E-state index in [4.69, 9.17) is 12.2 Å². The highest BCUT2D eigenvalue weighted by Gasteiger charge is 2.41. The van der Waals surface area contributed by atoms with Crippen LogP contribution in [0, 0.1) is 5.92 Å². The lowest BCUT2D eigenvalue weighted by Crippen LogP contribution is -2.46. The van der Waals surface area contributed by atoms with Gasteiger partial charge in [0.1, 0.15) is 0 Å². The largest absolute Gasteiger partial charge is 0.391 e. The highest BCUT2D eigenvalue weighted by atomic mass is 32.1. The van der Waals surface area contributed by atoms with Crippen molar-refractivity contribution in [1.82, 2.24) is 10.2 Å². The topological polar surface area (TPSA) is 15.3 Å². The molecule has 0 radical (unpaired) electrons. The summed E-state index contributed by atoms with van der Waals surface area (Å²) in [6.45, 7) is 3.69. The number of halogens is 3. The molecule has 0 aromatic carbocycles. The Bertz CT molecular complexity index is 248. The zero-order valence-corrected chi connectivity index (χ0v) is 10.8. The van der Waals surface area contributed by atoms with Crippen LogP contribution in [0.15, 0.2) is 0 Å². The molecule has 1 N–H and O–H groups in total. The van der Waals surface area contributed by atoms with Crippen LogP contribution in [0.1, 0.15) is 32.6 Å². The van der Waals surface area contributed by atoms with Crippen molar-refractivity contribution in [3.05, 3.63) is 0 Å². The van der Waals surface area contributed by atoms with E-state index in [0.29, 0.717) is 18.2 Å². The maximum absolute atomic E-state index is 12.5. The van der Waals surface area contributed by atoms with Crippen LogP contribution in [-0.2, 0) is 0 Å². The monoisotopic (exact) mass is 268 g/mol. The molecule has 0 spiro atoms. The molecule has 1 heterocycles. The summed E-state index contributed by atoms with van der Waals surface area (Å²) in [7, 11) is 0. The highest BCUT2D eigenvalue weighted by Crippen LogP contribution is 2.33. The molecule has 0 atom stereocenters. The zero-order chi connectivity index (χ0) is 12.9. The van der Waals surface area contributed by atoms with Crippen LogP contribution in [0.3, 0.4) is 0 Å². The van der Waals surface area contributed by atoms with E-state index in [9.17, 15) is 13.2 Å². The van der Waals surface area contributed by atoms with Gasteiger partial charge in [-0.15, -0.1) is 0 Å². The first-order valence-electron chi connectivity index (χ1n) is 6.04. The summed E-state index contributed by atoms with van der Waals surface area (Å²) in [5, 5.41) is 3.68. The van der Waals surface area contributed by atoms with E-state index >= 15 is 0 Å². The minimum Gasteiger partial charge on any atom is -0.363 e. The van der Waals surface area contributed by atoms with Gasteiger partial charge in [0.2, 0.25) is 0 Å². The van der Waals surface area contributed by atoms with Gasteiger partial charge in [-0.25, -0.2) is 0 Å². The van der Waals surface area contributed by atoms with Gasteiger partial charge in [-0.3, -0.25) is 0 Å². The molecule has 1 aliphatic heterocycles. The second kappa shape index (κ2) is 6.42. The summed E-state index contributed by atoms with van der Waals surface area (Å²) in [4.78, 5) is 1.84. The minimum absolute atomic E-state index is 0.152. The summed E-state index contributed by atoms with van der Waals surface area (Å²) in [5.41, 5.74) is 0. The second-order valence-electron chi connectivity index (χ2n) is 4.39. The van der Waals surface area contributed by atoms with E-state index in [1.54, 1.807) is 0 Å². The smallest absolute Gasteiger partial charge is 0.363 e. The lowest BCUT2D eigenvalue weighted by atomic mass is 9.97. The molecule has 1 rings (SSSR count). The molecular weight excluding hydrogens is 249 g/mol. The Hall–Kier alpha value is -0.520. The highest BCUT2D eigenvalue weighted by molar-refractivity contribution is 7.80. The predicted molar refractivity (Wildman–Crippen MR) is 65.9 cm³/mol. The molecule has 1 saturated heterocycles. The number of thiocarbonyl (C=S) groups is 1. The maximum Gasteiger partial charge on any atom is 0.391 e. The molecule has 0 aliphatic carbocycles. The number of hydrogen-bond donors (Lipinski definition) is 1. The van der Waals surface area contributed by atoms with E-state index < -0.39 is 12.1 Å². The lowest BCUT2D eigenvalue weighted by Gasteiger charge is -2.34. The van der Waals surface area contributed by atoms with Crippen molar-refractivity contribution in [2.24, 2.45) is 5.92 Å². The van der Waals surface area contributed by atoms with Crippen molar-refractivity contribution < 1.29 is 13.2 Å². The minimum atomic E-state index is -4.05. The third kappa shape index (κ3) is 4.69. The van der Waals surface area contributed by atoms with Crippen LogP contribution in [0.25, 0.3) is 0 Å². The number of likely N-dealkylation sites (tertiary alicyclic amines) is 1. The molecule has 100 valence electrons. The Kier molecular flexibility index (Phi) is 5.49. The SMILES string of the molecule is CCCCNC(=S)N1CCC(C(F)(F)F)CC1. The van der Waals surface area contributed by atoms with Crippen LogP contribution < -0.4 is 5.32 Å². The fourth-order valence-electron chi connectivity index (χ4n) is 1.89. The first kappa shape index (κ1) is 14.5. The first-order valence-corrected chi connectivity index (χ1v) is 6.45. The van der Waals surface area contributed by atoms with Crippen LogP contribution in [0.5, 0.6) is 0 Å². The average Bonchev–Trinajstić information content (AvgIpc) is 2.28. The number of rotatable bonds is 3. The van der Waals surface area contributed by atoms with E-state index in [0.717, 1.165) is 19.4 Å². The molecular formula is C11H19F3N2S. The van der Waals surface area contributed by atoms with Gasteiger partial charge < -0.3 is 10.2 Å². The maximum atomic E-state index is 12.5. The molecule has 0 aromatic heterocycles. The Morgan fingerprint density at radius 1 is 1.35 bits per heavy atom. The van der Waals surface area contributed by atoms with Gasteiger partial charge in [0.05, 0.1) is 5.92 Å². The van der Waals surface area contributed by atoms with Gasteiger partial charge in [-0.2, -0.15) is 13.2 Å². The molecule has 0 aromatic rings. The number of nitrogens with zero attached hydrogens (tertiary/aromatic N) is 1. The van der Waals surface area contributed by atoms with Gasteiger partial charge in [0.15, 0.2) is 5.11 Å². The van der Waals surface area contributed by atoms with E-state index in [-0.39, 0.29) is 12.8 Å². The molecule has 0 bridgehead atoms. The Balaban J connectivity index is 2.29. The van der Waals surface area contributed by atoms with E-state index in [2.05, 4.69) is 12.2 Å². The van der Waals surface area contributed by atoms with Gasteiger partial charge in [0.25, 0.3) is 0 Å². The van der Waals surface area contributed by atoms with Crippen molar-refractivity contribution in [2.75, 3.05) is 19.6 Å². The number of piperidine rings is 1. The number of nitrogens with one attached hydrogen (secondary N) is 1. The molecule has 1 fully saturated rings. The second-order valence-corrected chi connectivity index (χ2v) is 4.78. The van der Waals surface area contributed by atoms with Crippen LogP contribution in [0.2, 0.25) is 0 Å². The van der Waals surface area contributed by atoms with Gasteiger partial charge in [0, 0.05) is 19.6 Å². The molecule has 6 heteroatoms. The molecule has 0 unspecified atom stereocenters. The standard InChI is InChI=1S/C11H19F3N2S/c1-2-3-6-15-10(17)16-7-4-9(5-8-16)11(12,13)14/h9H,2-8H2,1H3,(H,15,17). The summed E-state index contributed by atoms with van der Waals surface area (Å²) in [6, 6.07) is 0. The third-order valence-corrected chi connectivity index (χ3v) is 3.45. The fourth-order valence-corrected chi connectivity index (χ4v) is 2.18.